The number of carbonyl (C=O) groups excluding carboxylic acids is 1. The van der Waals surface area contributed by atoms with Gasteiger partial charge in [-0.3, -0.25) is 4.79 Å². The zero-order valence-corrected chi connectivity index (χ0v) is 34.4. The monoisotopic (exact) mass is 745 g/mol. The number of rotatable bonds is 7. The van der Waals surface area contributed by atoms with Gasteiger partial charge in [0.15, 0.2) is 12.6 Å². The summed E-state index contributed by atoms with van der Waals surface area (Å²) in [7, 11) is 5.76. The lowest BCUT2D eigenvalue weighted by Crippen LogP contribution is -2.61. The third-order valence-corrected chi connectivity index (χ3v) is 13.0. The molecule has 13 heteroatoms. The number of epoxide rings is 1. The Bertz CT molecular complexity index is 1180. The van der Waals surface area contributed by atoms with Crippen molar-refractivity contribution in [3.05, 3.63) is 0 Å². The highest BCUT2D eigenvalue weighted by atomic mass is 16.7. The average Bonchev–Trinajstić information content (AvgIpc) is 3.88. The summed E-state index contributed by atoms with van der Waals surface area (Å²) < 4.78 is 44.8. The molecule has 0 aromatic carbocycles. The van der Waals surface area contributed by atoms with Crippen molar-refractivity contribution in [1.82, 2.24) is 10.2 Å². The van der Waals surface area contributed by atoms with Crippen LogP contribution in [0.5, 0.6) is 0 Å². The predicted molar refractivity (Wildman–Crippen MR) is 195 cm³/mol. The molecule has 0 unspecified atom stereocenters. The maximum absolute atomic E-state index is 14.2. The fourth-order valence-electron chi connectivity index (χ4n) is 9.35. The Balaban J connectivity index is 1.79. The van der Waals surface area contributed by atoms with E-state index in [1.165, 1.54) is 6.92 Å². The van der Waals surface area contributed by atoms with Gasteiger partial charge in [0.2, 0.25) is 0 Å². The molecule has 4 rings (SSSR count). The van der Waals surface area contributed by atoms with Gasteiger partial charge in [0.05, 0.1) is 42.5 Å². The van der Waals surface area contributed by atoms with Crippen molar-refractivity contribution in [3.63, 3.8) is 0 Å². The smallest absolute Gasteiger partial charge is 0.311 e. The van der Waals surface area contributed by atoms with Crippen molar-refractivity contribution in [2.24, 2.45) is 23.7 Å². The lowest BCUT2D eigenvalue weighted by atomic mass is 9.77. The number of cyclic esters (lactones) is 1. The van der Waals surface area contributed by atoms with Crippen molar-refractivity contribution < 1.29 is 53.3 Å². The molecular weight excluding hydrogens is 672 g/mol. The molecule has 52 heavy (non-hydrogen) atoms. The number of carbonyl (C=O) groups is 1. The van der Waals surface area contributed by atoms with E-state index in [2.05, 4.69) is 31.2 Å². The van der Waals surface area contributed by atoms with Gasteiger partial charge >= 0.3 is 5.97 Å². The van der Waals surface area contributed by atoms with Crippen molar-refractivity contribution in [3.8, 4) is 0 Å². The minimum atomic E-state index is -1.76. The van der Waals surface area contributed by atoms with Gasteiger partial charge in [-0.1, -0.05) is 27.7 Å². The molecule has 1 spiro atoms. The molecule has 4 N–H and O–H groups in total. The van der Waals surface area contributed by atoms with Gasteiger partial charge in [0, 0.05) is 37.5 Å². The van der Waals surface area contributed by atoms with Crippen LogP contribution in [-0.2, 0) is 38.0 Å². The number of aliphatic hydroxyl groups is 3. The number of esters is 1. The fraction of sp³-hybridized carbons (Fsp3) is 0.974. The van der Waals surface area contributed by atoms with Crippen molar-refractivity contribution in [2.45, 2.75) is 186 Å². The highest BCUT2D eigenvalue weighted by Gasteiger charge is 2.67. The molecule has 4 fully saturated rings. The predicted octanol–water partition coefficient (Wildman–Crippen LogP) is 3.24. The van der Waals surface area contributed by atoms with Crippen LogP contribution in [-0.4, -0.2) is 144 Å². The first-order valence-corrected chi connectivity index (χ1v) is 19.6. The molecule has 0 radical (unpaired) electrons. The molecule has 0 amide bonds. The maximum Gasteiger partial charge on any atom is 0.311 e. The normalized spacial score (nSPS) is 51.5. The van der Waals surface area contributed by atoms with Crippen LogP contribution >= 0.6 is 0 Å². The summed E-state index contributed by atoms with van der Waals surface area (Å²) in [4.78, 5) is 16.4. The third-order valence-electron chi connectivity index (χ3n) is 13.0. The number of nitrogens with one attached hydrogen (secondary N) is 1. The first kappa shape index (κ1) is 43.8. The SMILES string of the molecule is CC[C@H]1OC(=O)[C@H](C)[C@@H](O[C@H]2C[C@@](C)(OC)[C@]3(CO3)[C@H](C)O2)[C@H](C)[C@@H](O[C@@H]2O[C@H](C)C[C@H](N(C)C)[C@H]2C)[C@](C)(O)C[C@@H](C)CN[C@H](C)[C@@H](O)[C@]1(C)O. The lowest BCUT2D eigenvalue weighted by Gasteiger charge is -2.49. The summed E-state index contributed by atoms with van der Waals surface area (Å²) in [6, 6.07) is -0.354. The quantitative estimate of drug-likeness (QED) is 0.223. The number of aliphatic hydroxyl groups excluding tert-OH is 1. The summed E-state index contributed by atoms with van der Waals surface area (Å²) in [5.41, 5.74) is -4.48. The molecule has 18 atom stereocenters. The maximum atomic E-state index is 14.2. The fourth-order valence-corrected chi connectivity index (χ4v) is 9.35. The Hall–Kier alpha value is -0.970. The van der Waals surface area contributed by atoms with Gasteiger partial charge in [0.25, 0.3) is 0 Å². The molecule has 4 aliphatic heterocycles. The van der Waals surface area contributed by atoms with Crippen molar-refractivity contribution in [2.75, 3.05) is 34.4 Å². The highest BCUT2D eigenvalue weighted by Crippen LogP contribution is 2.51. The zero-order chi connectivity index (χ0) is 39.1. The molecule has 0 aromatic heterocycles. The number of hydrogen-bond donors (Lipinski definition) is 4. The Labute approximate surface area is 312 Å². The minimum absolute atomic E-state index is 0.0267. The second kappa shape index (κ2) is 16.6. The summed E-state index contributed by atoms with van der Waals surface area (Å²) in [5, 5.41) is 38.9. The molecule has 0 aromatic rings. The van der Waals surface area contributed by atoms with Gasteiger partial charge in [-0.25, -0.2) is 0 Å². The second-order valence-electron chi connectivity index (χ2n) is 17.6. The topological polar surface area (TPSA) is 161 Å². The van der Waals surface area contributed by atoms with Gasteiger partial charge in [-0.2, -0.15) is 0 Å². The van der Waals surface area contributed by atoms with Crippen LogP contribution in [0.3, 0.4) is 0 Å². The van der Waals surface area contributed by atoms with E-state index in [0.717, 1.165) is 6.42 Å². The average molecular weight is 745 g/mol. The van der Waals surface area contributed by atoms with E-state index in [-0.39, 0.29) is 36.5 Å². The van der Waals surface area contributed by atoms with Crippen molar-refractivity contribution >= 4 is 5.97 Å². The van der Waals surface area contributed by atoms with Crippen LogP contribution in [0.4, 0.5) is 0 Å². The first-order chi connectivity index (χ1) is 24.0. The molecule has 0 saturated carbocycles. The van der Waals surface area contributed by atoms with Crippen LogP contribution in [0.15, 0.2) is 0 Å². The summed E-state index contributed by atoms with van der Waals surface area (Å²) in [6.45, 7) is 21.6. The Kier molecular flexibility index (Phi) is 14.0. The Morgan fingerprint density at radius 2 is 1.60 bits per heavy atom. The highest BCUT2D eigenvalue weighted by molar-refractivity contribution is 5.73. The van der Waals surface area contributed by atoms with Gasteiger partial charge in [-0.15, -0.1) is 0 Å². The molecule has 4 heterocycles. The molecule has 0 bridgehead atoms. The molecule has 4 saturated heterocycles. The minimum Gasteiger partial charge on any atom is -0.459 e. The second-order valence-corrected chi connectivity index (χ2v) is 17.6. The first-order valence-electron chi connectivity index (χ1n) is 19.6. The summed E-state index contributed by atoms with van der Waals surface area (Å²) >= 11 is 0. The Morgan fingerprint density at radius 1 is 0.962 bits per heavy atom. The zero-order valence-electron chi connectivity index (χ0n) is 34.4. The van der Waals surface area contributed by atoms with E-state index in [4.69, 9.17) is 33.2 Å². The molecular formula is C39H72N2O11. The van der Waals surface area contributed by atoms with E-state index in [1.807, 2.05) is 41.5 Å². The van der Waals surface area contributed by atoms with E-state index >= 15 is 0 Å². The van der Waals surface area contributed by atoms with E-state index < -0.39 is 83.2 Å². The van der Waals surface area contributed by atoms with Crippen molar-refractivity contribution in [1.29, 1.82) is 0 Å². The van der Waals surface area contributed by atoms with Crippen LogP contribution in [0.25, 0.3) is 0 Å². The molecule has 0 aliphatic carbocycles. The molecule has 13 nitrogen and oxygen atoms in total. The standard InChI is InChI=1S/C39H72N2O11/c1-15-29-38(11,45)32(42)26(7)40-19-21(2)17-36(9,44)33(52-35-23(4)28(41(12)13)16-22(3)48-35)24(5)31(25(6)34(43)50-29)51-30-18-37(10,46-14)39(20-47-39)27(8)49-30/h21-33,35,40,42,44-45H,15-20H2,1-14H3/t21-,22-,23-,24+,25-,26-,27+,28+,29-,30+,31+,32-,33-,35+,36-,37-,38-,39+/m1/s1. The van der Waals surface area contributed by atoms with Gasteiger partial charge < -0.3 is 58.7 Å². The molecule has 304 valence electrons. The van der Waals surface area contributed by atoms with Crippen LogP contribution in [0.1, 0.15) is 102 Å². The van der Waals surface area contributed by atoms with E-state index in [1.54, 1.807) is 27.9 Å². The van der Waals surface area contributed by atoms with Crippen LogP contribution in [0.2, 0.25) is 0 Å². The van der Waals surface area contributed by atoms with Gasteiger partial charge in [-0.05, 0) is 94.3 Å². The van der Waals surface area contributed by atoms with Crippen LogP contribution in [0, 0.1) is 23.7 Å². The van der Waals surface area contributed by atoms with Crippen LogP contribution < -0.4 is 5.32 Å². The van der Waals surface area contributed by atoms with E-state index in [9.17, 15) is 20.1 Å². The largest absolute Gasteiger partial charge is 0.459 e. The summed E-state index contributed by atoms with van der Waals surface area (Å²) in [5.74, 6) is -2.22. The Morgan fingerprint density at radius 3 is 2.15 bits per heavy atom. The number of hydrogen-bond acceptors (Lipinski definition) is 13. The number of ether oxygens (including phenoxy) is 7. The number of nitrogens with zero attached hydrogens (tertiary/aromatic N) is 1. The number of methoxy groups -OCH3 is 1. The molecule has 4 aliphatic rings. The lowest BCUT2D eigenvalue weighted by molar-refractivity contribution is -0.308. The van der Waals surface area contributed by atoms with E-state index in [0.29, 0.717) is 26.0 Å². The third kappa shape index (κ3) is 8.85. The van der Waals surface area contributed by atoms with Gasteiger partial charge in [0.1, 0.15) is 29.0 Å². The summed E-state index contributed by atoms with van der Waals surface area (Å²) in [6.07, 6.45) is -4.10.